The Labute approximate surface area is 133 Å². The van der Waals surface area contributed by atoms with E-state index in [1.807, 2.05) is 20.8 Å². The quantitative estimate of drug-likeness (QED) is 0.684. The lowest BCUT2D eigenvalue weighted by Gasteiger charge is -2.08. The summed E-state index contributed by atoms with van der Waals surface area (Å²) in [6.07, 6.45) is 2.02. The van der Waals surface area contributed by atoms with Gasteiger partial charge in [-0.25, -0.2) is 0 Å². The van der Waals surface area contributed by atoms with Crippen LogP contribution in [0.4, 0.5) is 5.00 Å². The SMILES string of the molecule is CCCCC(=O)Nc1sc(C)c(C)c1C(=O)NCCC(=O)O. The Morgan fingerprint density at radius 2 is 1.86 bits per heavy atom. The van der Waals surface area contributed by atoms with Crippen molar-refractivity contribution in [3.63, 3.8) is 0 Å². The maximum atomic E-state index is 12.2. The predicted molar refractivity (Wildman–Crippen MR) is 86.5 cm³/mol. The number of aliphatic carboxylic acids is 1. The van der Waals surface area contributed by atoms with Crippen LogP contribution in [0.25, 0.3) is 0 Å². The fraction of sp³-hybridized carbons (Fsp3) is 0.533. The van der Waals surface area contributed by atoms with Crippen LogP contribution in [0.5, 0.6) is 0 Å². The van der Waals surface area contributed by atoms with Gasteiger partial charge < -0.3 is 15.7 Å². The topological polar surface area (TPSA) is 95.5 Å². The van der Waals surface area contributed by atoms with Gasteiger partial charge in [0.2, 0.25) is 5.91 Å². The molecule has 7 heteroatoms. The van der Waals surface area contributed by atoms with Gasteiger partial charge in [0.05, 0.1) is 12.0 Å². The zero-order chi connectivity index (χ0) is 16.7. The minimum Gasteiger partial charge on any atom is -0.481 e. The average Bonchev–Trinajstić information content (AvgIpc) is 2.71. The van der Waals surface area contributed by atoms with Gasteiger partial charge >= 0.3 is 5.97 Å². The number of amides is 2. The first-order valence-corrected chi connectivity index (χ1v) is 8.08. The number of carbonyl (C=O) groups is 3. The van der Waals surface area contributed by atoms with Crippen LogP contribution >= 0.6 is 11.3 Å². The van der Waals surface area contributed by atoms with Crippen molar-refractivity contribution in [1.82, 2.24) is 5.32 Å². The summed E-state index contributed by atoms with van der Waals surface area (Å²) in [4.78, 5) is 35.5. The molecule has 1 heterocycles. The molecule has 0 atom stereocenters. The molecule has 0 unspecified atom stereocenters. The summed E-state index contributed by atoms with van der Waals surface area (Å²) in [5.41, 5.74) is 1.24. The summed E-state index contributed by atoms with van der Waals surface area (Å²) in [5, 5.41) is 14.5. The van der Waals surface area contributed by atoms with Crippen LogP contribution in [0.3, 0.4) is 0 Å². The average molecular weight is 326 g/mol. The van der Waals surface area contributed by atoms with Crippen molar-refractivity contribution in [3.8, 4) is 0 Å². The first-order chi connectivity index (χ1) is 10.4. The number of carboxylic acid groups (broad SMARTS) is 1. The van der Waals surface area contributed by atoms with E-state index in [4.69, 9.17) is 5.11 Å². The van der Waals surface area contributed by atoms with Gasteiger partial charge in [-0.1, -0.05) is 13.3 Å². The summed E-state index contributed by atoms with van der Waals surface area (Å²) in [6.45, 7) is 5.77. The van der Waals surface area contributed by atoms with Gasteiger partial charge in [-0.15, -0.1) is 11.3 Å². The summed E-state index contributed by atoms with van der Waals surface area (Å²) in [6, 6.07) is 0. The second-order valence-corrected chi connectivity index (χ2v) is 6.26. The van der Waals surface area contributed by atoms with Crippen molar-refractivity contribution in [2.75, 3.05) is 11.9 Å². The normalized spacial score (nSPS) is 10.3. The zero-order valence-corrected chi connectivity index (χ0v) is 13.9. The molecule has 122 valence electrons. The number of aryl methyl sites for hydroxylation is 1. The lowest BCUT2D eigenvalue weighted by Crippen LogP contribution is -2.27. The molecule has 0 saturated carbocycles. The highest BCUT2D eigenvalue weighted by Crippen LogP contribution is 2.32. The fourth-order valence-electron chi connectivity index (χ4n) is 1.89. The smallest absolute Gasteiger partial charge is 0.305 e. The Hall–Kier alpha value is -1.89. The van der Waals surface area contributed by atoms with Crippen LogP contribution in [0.1, 0.15) is 53.4 Å². The van der Waals surface area contributed by atoms with E-state index >= 15 is 0 Å². The summed E-state index contributed by atoms with van der Waals surface area (Å²) < 4.78 is 0. The highest BCUT2D eigenvalue weighted by Gasteiger charge is 2.20. The van der Waals surface area contributed by atoms with Crippen LogP contribution in [-0.2, 0) is 9.59 Å². The highest BCUT2D eigenvalue weighted by atomic mass is 32.1. The van der Waals surface area contributed by atoms with Crippen LogP contribution in [0, 0.1) is 13.8 Å². The molecule has 0 aliphatic heterocycles. The summed E-state index contributed by atoms with van der Waals surface area (Å²) in [7, 11) is 0. The van der Waals surface area contributed by atoms with E-state index in [0.717, 1.165) is 23.3 Å². The van der Waals surface area contributed by atoms with E-state index < -0.39 is 5.97 Å². The number of unbranched alkanes of at least 4 members (excludes halogenated alkanes) is 1. The number of carboxylic acids is 1. The van der Waals surface area contributed by atoms with Crippen LogP contribution in [0.15, 0.2) is 0 Å². The standard InChI is InChI=1S/C15H22N2O4S/c1-4-5-6-11(18)17-15-13(9(2)10(3)22-15)14(21)16-8-7-12(19)20/h4-8H2,1-3H3,(H,16,21)(H,17,18)(H,19,20). The van der Waals surface area contributed by atoms with Crippen molar-refractivity contribution < 1.29 is 19.5 Å². The van der Waals surface area contributed by atoms with Crippen molar-refractivity contribution in [2.24, 2.45) is 0 Å². The number of nitrogens with one attached hydrogen (secondary N) is 2. The van der Waals surface area contributed by atoms with Crippen LogP contribution < -0.4 is 10.6 Å². The maximum absolute atomic E-state index is 12.2. The van der Waals surface area contributed by atoms with Crippen molar-refractivity contribution >= 4 is 34.1 Å². The third-order valence-corrected chi connectivity index (χ3v) is 4.37. The number of hydrogen-bond donors (Lipinski definition) is 3. The Kier molecular flexibility index (Phi) is 7.04. The van der Waals surface area contributed by atoms with E-state index in [0.29, 0.717) is 17.0 Å². The zero-order valence-electron chi connectivity index (χ0n) is 13.1. The Bertz CT molecular complexity index is 566. The first kappa shape index (κ1) is 18.2. The lowest BCUT2D eigenvalue weighted by atomic mass is 10.1. The molecule has 0 saturated heterocycles. The Morgan fingerprint density at radius 1 is 1.18 bits per heavy atom. The third-order valence-electron chi connectivity index (χ3n) is 3.25. The third kappa shape index (κ3) is 5.14. The first-order valence-electron chi connectivity index (χ1n) is 7.26. The van der Waals surface area contributed by atoms with Gasteiger partial charge in [-0.2, -0.15) is 0 Å². The fourth-order valence-corrected chi connectivity index (χ4v) is 2.96. The molecular weight excluding hydrogens is 304 g/mol. The highest BCUT2D eigenvalue weighted by molar-refractivity contribution is 7.16. The van der Waals surface area contributed by atoms with Gasteiger partial charge in [0.15, 0.2) is 0 Å². The van der Waals surface area contributed by atoms with Crippen molar-refractivity contribution in [2.45, 2.75) is 46.5 Å². The van der Waals surface area contributed by atoms with Crippen LogP contribution in [0.2, 0.25) is 0 Å². The number of hydrogen-bond acceptors (Lipinski definition) is 4. The number of rotatable bonds is 8. The largest absolute Gasteiger partial charge is 0.481 e. The summed E-state index contributed by atoms with van der Waals surface area (Å²) >= 11 is 1.36. The molecule has 0 spiro atoms. The van der Waals surface area contributed by atoms with Gasteiger partial charge in [-0.3, -0.25) is 14.4 Å². The molecule has 2 amide bonds. The molecule has 1 rings (SSSR count). The Morgan fingerprint density at radius 3 is 2.45 bits per heavy atom. The maximum Gasteiger partial charge on any atom is 0.305 e. The molecule has 0 aliphatic rings. The van der Waals surface area contributed by atoms with E-state index in [1.54, 1.807) is 0 Å². The molecule has 0 aliphatic carbocycles. The monoisotopic (exact) mass is 326 g/mol. The molecular formula is C15H22N2O4S. The molecule has 0 fully saturated rings. The second kappa shape index (κ2) is 8.53. The second-order valence-electron chi connectivity index (χ2n) is 5.04. The molecule has 1 aromatic heterocycles. The lowest BCUT2D eigenvalue weighted by molar-refractivity contribution is -0.136. The predicted octanol–water partition coefficient (Wildman–Crippen LogP) is 2.70. The molecule has 3 N–H and O–H groups in total. The van der Waals surface area contributed by atoms with Crippen LogP contribution in [-0.4, -0.2) is 29.4 Å². The van der Waals surface area contributed by atoms with E-state index in [9.17, 15) is 14.4 Å². The van der Waals surface area contributed by atoms with E-state index in [1.165, 1.54) is 11.3 Å². The molecule has 0 radical (unpaired) electrons. The van der Waals surface area contributed by atoms with Gasteiger partial charge in [-0.05, 0) is 25.8 Å². The van der Waals surface area contributed by atoms with Gasteiger partial charge in [0, 0.05) is 17.8 Å². The molecule has 0 bridgehead atoms. The Balaban J connectivity index is 2.82. The molecule has 0 aromatic carbocycles. The van der Waals surface area contributed by atoms with Gasteiger partial charge in [0.1, 0.15) is 5.00 Å². The summed E-state index contributed by atoms with van der Waals surface area (Å²) in [5.74, 6) is -1.43. The minimum atomic E-state index is -0.966. The van der Waals surface area contributed by atoms with Crippen molar-refractivity contribution in [1.29, 1.82) is 0 Å². The molecule has 1 aromatic rings. The molecule has 6 nitrogen and oxygen atoms in total. The number of carbonyl (C=O) groups excluding carboxylic acids is 2. The molecule has 22 heavy (non-hydrogen) atoms. The number of thiophene rings is 1. The van der Waals surface area contributed by atoms with Gasteiger partial charge in [0.25, 0.3) is 5.91 Å². The van der Waals surface area contributed by atoms with E-state index in [2.05, 4.69) is 10.6 Å². The number of anilines is 1. The van der Waals surface area contributed by atoms with E-state index in [-0.39, 0.29) is 24.8 Å². The minimum absolute atomic E-state index is 0.0612. The van der Waals surface area contributed by atoms with Crippen molar-refractivity contribution in [3.05, 3.63) is 16.0 Å².